The number of nitrogens with zero attached hydrogens (tertiary/aromatic N) is 2. The highest BCUT2D eigenvalue weighted by Crippen LogP contribution is 2.34. The molecular formula is C17H17Cl2N3O2. The van der Waals surface area contributed by atoms with Crippen LogP contribution in [0.15, 0.2) is 36.7 Å². The molecule has 1 heterocycles. The Labute approximate surface area is 151 Å². The normalized spacial score (nSPS) is 10.2. The van der Waals surface area contributed by atoms with E-state index in [0.29, 0.717) is 22.3 Å². The van der Waals surface area contributed by atoms with Crippen LogP contribution in [0.1, 0.15) is 5.56 Å². The van der Waals surface area contributed by atoms with Crippen LogP contribution in [0.5, 0.6) is 11.5 Å². The van der Waals surface area contributed by atoms with E-state index in [1.165, 1.54) is 6.33 Å². The lowest BCUT2D eigenvalue weighted by atomic mass is 10.2. The second-order valence-electron chi connectivity index (χ2n) is 5.04. The van der Waals surface area contributed by atoms with Gasteiger partial charge in [-0.15, -0.1) is 12.4 Å². The van der Waals surface area contributed by atoms with Gasteiger partial charge in [0.25, 0.3) is 0 Å². The number of methoxy groups -OCH3 is 2. The van der Waals surface area contributed by atoms with E-state index in [1.807, 2.05) is 37.3 Å². The fraction of sp³-hybridized carbons (Fsp3) is 0.176. The lowest BCUT2D eigenvalue weighted by Gasteiger charge is -2.12. The number of ether oxygens (including phenoxy) is 2. The van der Waals surface area contributed by atoms with Gasteiger partial charge in [0.15, 0.2) is 11.5 Å². The van der Waals surface area contributed by atoms with Gasteiger partial charge in [-0.05, 0) is 30.7 Å². The van der Waals surface area contributed by atoms with Gasteiger partial charge in [0.1, 0.15) is 12.1 Å². The molecule has 0 bridgehead atoms. The Bertz CT molecular complexity index is 872. The molecule has 0 aliphatic carbocycles. The minimum atomic E-state index is 0. The lowest BCUT2D eigenvalue weighted by molar-refractivity contribution is 0.356. The zero-order valence-electron chi connectivity index (χ0n) is 13.5. The number of hydrogen-bond acceptors (Lipinski definition) is 5. The molecule has 0 amide bonds. The van der Waals surface area contributed by atoms with Crippen molar-refractivity contribution in [1.82, 2.24) is 9.97 Å². The predicted octanol–water partition coefficient (Wildman–Crippen LogP) is 4.77. The second-order valence-corrected chi connectivity index (χ2v) is 5.44. The van der Waals surface area contributed by atoms with Gasteiger partial charge in [-0.25, -0.2) is 9.97 Å². The highest BCUT2D eigenvalue weighted by Gasteiger charge is 2.11. The number of benzene rings is 2. The summed E-state index contributed by atoms with van der Waals surface area (Å²) in [4.78, 5) is 8.61. The molecule has 5 nitrogen and oxygen atoms in total. The Kier molecular flexibility index (Phi) is 5.70. The highest BCUT2D eigenvalue weighted by atomic mass is 35.5. The Morgan fingerprint density at radius 2 is 1.71 bits per heavy atom. The van der Waals surface area contributed by atoms with Crippen molar-refractivity contribution >= 4 is 46.4 Å². The Morgan fingerprint density at radius 1 is 1.00 bits per heavy atom. The molecule has 3 aromatic rings. The molecular weight excluding hydrogens is 349 g/mol. The molecule has 3 rings (SSSR count). The summed E-state index contributed by atoms with van der Waals surface area (Å²) in [6.45, 7) is 1.96. The highest BCUT2D eigenvalue weighted by molar-refractivity contribution is 6.31. The standard InChI is InChI=1S/C17H16ClN3O2.ClH/c1-10-4-5-11(6-13(10)18)21-17-12-7-15(22-2)16(23-3)8-14(12)19-9-20-17;/h4-9H,1-3H3,(H,19,20,21);1H. The van der Waals surface area contributed by atoms with Crippen LogP contribution in [0.2, 0.25) is 5.02 Å². The molecule has 0 aliphatic heterocycles. The minimum absolute atomic E-state index is 0. The summed E-state index contributed by atoms with van der Waals surface area (Å²) in [5.74, 6) is 1.93. The maximum Gasteiger partial charge on any atom is 0.162 e. The van der Waals surface area contributed by atoms with Crippen LogP contribution in [0.4, 0.5) is 11.5 Å². The first-order valence-electron chi connectivity index (χ1n) is 7.02. The number of nitrogens with one attached hydrogen (secondary N) is 1. The maximum atomic E-state index is 6.18. The molecule has 126 valence electrons. The van der Waals surface area contributed by atoms with E-state index < -0.39 is 0 Å². The third-order valence-electron chi connectivity index (χ3n) is 3.58. The fourth-order valence-electron chi connectivity index (χ4n) is 2.29. The Hall–Kier alpha value is -2.24. The molecule has 0 atom stereocenters. The molecule has 0 radical (unpaired) electrons. The molecule has 0 saturated carbocycles. The van der Waals surface area contributed by atoms with Crippen LogP contribution in [0.3, 0.4) is 0 Å². The van der Waals surface area contributed by atoms with Gasteiger partial charge in [-0.3, -0.25) is 0 Å². The van der Waals surface area contributed by atoms with Crippen LogP contribution in [0.25, 0.3) is 10.9 Å². The molecule has 0 spiro atoms. The van der Waals surface area contributed by atoms with Crippen molar-refractivity contribution in [3.05, 3.63) is 47.2 Å². The maximum absolute atomic E-state index is 6.18. The van der Waals surface area contributed by atoms with Crippen molar-refractivity contribution in [2.24, 2.45) is 0 Å². The molecule has 2 aromatic carbocycles. The number of anilines is 2. The van der Waals surface area contributed by atoms with Crippen molar-refractivity contribution in [3.63, 3.8) is 0 Å². The van der Waals surface area contributed by atoms with Gasteiger partial charge in [-0.1, -0.05) is 17.7 Å². The van der Waals surface area contributed by atoms with Crippen molar-refractivity contribution < 1.29 is 9.47 Å². The molecule has 0 saturated heterocycles. The first-order valence-corrected chi connectivity index (χ1v) is 7.40. The summed E-state index contributed by atoms with van der Waals surface area (Å²) < 4.78 is 10.7. The van der Waals surface area contributed by atoms with Crippen molar-refractivity contribution in [1.29, 1.82) is 0 Å². The molecule has 0 unspecified atom stereocenters. The van der Waals surface area contributed by atoms with E-state index in [1.54, 1.807) is 14.2 Å². The minimum Gasteiger partial charge on any atom is -0.493 e. The van der Waals surface area contributed by atoms with Crippen LogP contribution in [-0.4, -0.2) is 24.2 Å². The van der Waals surface area contributed by atoms with Gasteiger partial charge in [0.05, 0.1) is 19.7 Å². The number of fused-ring (bicyclic) bond motifs is 1. The van der Waals surface area contributed by atoms with E-state index in [-0.39, 0.29) is 12.4 Å². The van der Waals surface area contributed by atoms with Crippen molar-refractivity contribution in [3.8, 4) is 11.5 Å². The molecule has 0 fully saturated rings. The number of aromatic nitrogens is 2. The smallest absolute Gasteiger partial charge is 0.162 e. The molecule has 1 N–H and O–H groups in total. The summed E-state index contributed by atoms with van der Waals surface area (Å²) in [5, 5.41) is 4.81. The molecule has 0 aliphatic rings. The zero-order chi connectivity index (χ0) is 16.4. The quantitative estimate of drug-likeness (QED) is 0.721. The number of halogens is 2. The third-order valence-corrected chi connectivity index (χ3v) is 3.98. The third kappa shape index (κ3) is 3.47. The molecule has 7 heteroatoms. The van der Waals surface area contributed by atoms with Crippen LogP contribution in [-0.2, 0) is 0 Å². The topological polar surface area (TPSA) is 56.3 Å². The summed E-state index contributed by atoms with van der Waals surface area (Å²) >= 11 is 6.18. The number of aryl methyl sites for hydroxylation is 1. The van der Waals surface area contributed by atoms with Crippen LogP contribution >= 0.6 is 24.0 Å². The van der Waals surface area contributed by atoms with E-state index >= 15 is 0 Å². The number of rotatable bonds is 4. The Balaban J connectivity index is 0.00000208. The number of hydrogen-bond donors (Lipinski definition) is 1. The molecule has 24 heavy (non-hydrogen) atoms. The monoisotopic (exact) mass is 365 g/mol. The van der Waals surface area contributed by atoms with E-state index in [2.05, 4.69) is 15.3 Å². The predicted molar refractivity (Wildman–Crippen MR) is 99.4 cm³/mol. The van der Waals surface area contributed by atoms with Gasteiger partial charge in [-0.2, -0.15) is 0 Å². The average Bonchev–Trinajstić information content (AvgIpc) is 2.57. The van der Waals surface area contributed by atoms with E-state index in [0.717, 1.165) is 22.2 Å². The first-order chi connectivity index (χ1) is 11.1. The van der Waals surface area contributed by atoms with Gasteiger partial charge < -0.3 is 14.8 Å². The zero-order valence-corrected chi connectivity index (χ0v) is 15.0. The van der Waals surface area contributed by atoms with Crippen molar-refractivity contribution in [2.75, 3.05) is 19.5 Å². The first kappa shape index (κ1) is 18.1. The summed E-state index contributed by atoms with van der Waals surface area (Å²) in [6.07, 6.45) is 1.51. The van der Waals surface area contributed by atoms with Crippen LogP contribution in [0, 0.1) is 6.92 Å². The Morgan fingerprint density at radius 3 is 2.38 bits per heavy atom. The average molecular weight is 366 g/mol. The van der Waals surface area contributed by atoms with E-state index in [4.69, 9.17) is 21.1 Å². The SMILES string of the molecule is COc1cc2ncnc(Nc3ccc(C)c(Cl)c3)c2cc1OC.Cl. The summed E-state index contributed by atoms with van der Waals surface area (Å²) in [7, 11) is 3.19. The van der Waals surface area contributed by atoms with Gasteiger partial charge in [0.2, 0.25) is 0 Å². The summed E-state index contributed by atoms with van der Waals surface area (Å²) in [5.41, 5.74) is 2.64. The molecule has 1 aromatic heterocycles. The fourth-order valence-corrected chi connectivity index (χ4v) is 2.47. The van der Waals surface area contributed by atoms with E-state index in [9.17, 15) is 0 Å². The lowest BCUT2D eigenvalue weighted by Crippen LogP contribution is -1.98. The largest absolute Gasteiger partial charge is 0.493 e. The second kappa shape index (κ2) is 7.55. The van der Waals surface area contributed by atoms with Crippen LogP contribution < -0.4 is 14.8 Å². The van der Waals surface area contributed by atoms with Gasteiger partial charge >= 0.3 is 0 Å². The van der Waals surface area contributed by atoms with Crippen molar-refractivity contribution in [2.45, 2.75) is 6.92 Å². The summed E-state index contributed by atoms with van der Waals surface area (Å²) in [6, 6.07) is 9.45. The van der Waals surface area contributed by atoms with Gasteiger partial charge in [0, 0.05) is 22.2 Å².